The lowest BCUT2D eigenvalue weighted by Gasteiger charge is -2.10. The molecule has 0 aromatic carbocycles. The van der Waals surface area contributed by atoms with Crippen molar-refractivity contribution >= 4 is 17.2 Å². The topological polar surface area (TPSA) is 64.1 Å². The van der Waals surface area contributed by atoms with E-state index in [-0.39, 0.29) is 34.5 Å². The van der Waals surface area contributed by atoms with Gasteiger partial charge in [0.2, 0.25) is 0 Å². The molecule has 1 aliphatic rings. The fourth-order valence-electron chi connectivity index (χ4n) is 2.03. The van der Waals surface area contributed by atoms with Gasteiger partial charge in [-0.2, -0.15) is 13.2 Å². The number of ether oxygens (including phenoxy) is 1. The molecule has 0 radical (unpaired) electrons. The summed E-state index contributed by atoms with van der Waals surface area (Å²) in [6, 6.07) is 1.37. The molecular weight excluding hydrogens is 319 g/mol. The third-order valence-electron chi connectivity index (χ3n) is 3.01. The van der Waals surface area contributed by atoms with Crippen molar-refractivity contribution in [3.63, 3.8) is 0 Å². The minimum absolute atomic E-state index is 0.219. The molecule has 2 aromatic heterocycles. The number of nitrogens with one attached hydrogen (secondary N) is 1. The van der Waals surface area contributed by atoms with E-state index in [4.69, 9.17) is 4.74 Å². The molecule has 1 aliphatic heterocycles. The zero-order chi connectivity index (χ0) is 15.9. The maximum absolute atomic E-state index is 13.1. The van der Waals surface area contributed by atoms with E-state index in [0.717, 1.165) is 17.5 Å². The lowest BCUT2D eigenvalue weighted by Crippen LogP contribution is -2.24. The first-order valence-electron chi connectivity index (χ1n) is 6.32. The zero-order valence-corrected chi connectivity index (χ0v) is 12.1. The van der Waals surface area contributed by atoms with E-state index in [1.165, 1.54) is 13.0 Å². The number of nitrogens with zero attached hydrogens (tertiary/aromatic N) is 2. The van der Waals surface area contributed by atoms with Crippen LogP contribution >= 0.6 is 11.3 Å². The monoisotopic (exact) mass is 329 g/mol. The van der Waals surface area contributed by atoms with Gasteiger partial charge >= 0.3 is 6.18 Å². The maximum atomic E-state index is 13.1. The van der Waals surface area contributed by atoms with E-state index in [9.17, 15) is 18.0 Å². The Morgan fingerprint density at radius 2 is 2.18 bits per heavy atom. The van der Waals surface area contributed by atoms with E-state index >= 15 is 0 Å². The molecule has 3 rings (SSSR count). The van der Waals surface area contributed by atoms with Crippen molar-refractivity contribution in [2.75, 3.05) is 13.2 Å². The minimum atomic E-state index is -4.58. The smallest absolute Gasteiger partial charge is 0.420 e. The summed E-state index contributed by atoms with van der Waals surface area (Å²) >= 11 is 0.971. The average molecular weight is 329 g/mol. The zero-order valence-electron chi connectivity index (χ0n) is 11.3. The molecule has 3 heterocycles. The molecule has 0 atom stereocenters. The third-order valence-corrected chi connectivity index (χ3v) is 4.07. The van der Waals surface area contributed by atoms with Crippen LogP contribution in [0.2, 0.25) is 0 Å². The lowest BCUT2D eigenvalue weighted by molar-refractivity contribution is -0.137. The van der Waals surface area contributed by atoms with Gasteiger partial charge in [-0.05, 0) is 13.0 Å². The Morgan fingerprint density at radius 3 is 2.91 bits per heavy atom. The second-order valence-electron chi connectivity index (χ2n) is 4.59. The predicted molar refractivity (Wildman–Crippen MR) is 72.9 cm³/mol. The normalized spacial score (nSPS) is 14.8. The minimum Gasteiger partial charge on any atom is -0.481 e. The van der Waals surface area contributed by atoms with Gasteiger partial charge in [0.1, 0.15) is 18.0 Å². The largest absolute Gasteiger partial charge is 0.481 e. The number of thiophene rings is 1. The molecule has 0 bridgehead atoms. The van der Waals surface area contributed by atoms with Gasteiger partial charge in [0, 0.05) is 6.20 Å². The van der Waals surface area contributed by atoms with Crippen LogP contribution in [0.25, 0.3) is 10.6 Å². The van der Waals surface area contributed by atoms with Crippen LogP contribution in [0.15, 0.2) is 12.3 Å². The Morgan fingerprint density at radius 1 is 1.41 bits per heavy atom. The molecule has 0 saturated heterocycles. The number of amides is 1. The Balaban J connectivity index is 2.15. The van der Waals surface area contributed by atoms with Gasteiger partial charge < -0.3 is 10.1 Å². The van der Waals surface area contributed by atoms with Crippen molar-refractivity contribution in [3.8, 4) is 15.6 Å². The maximum Gasteiger partial charge on any atom is 0.420 e. The lowest BCUT2D eigenvalue weighted by atomic mass is 10.1. The van der Waals surface area contributed by atoms with Crippen LogP contribution in [-0.4, -0.2) is 29.0 Å². The summed E-state index contributed by atoms with van der Waals surface area (Å²) in [7, 11) is 0. The molecule has 5 nitrogen and oxygen atoms in total. The van der Waals surface area contributed by atoms with Gasteiger partial charge in [-0.3, -0.25) is 4.79 Å². The van der Waals surface area contributed by atoms with Crippen LogP contribution < -0.4 is 10.1 Å². The summed E-state index contributed by atoms with van der Waals surface area (Å²) in [6.07, 6.45) is -3.82. The highest BCUT2D eigenvalue weighted by Gasteiger charge is 2.36. The van der Waals surface area contributed by atoms with E-state index in [1.54, 1.807) is 0 Å². The van der Waals surface area contributed by atoms with Crippen LogP contribution in [0.4, 0.5) is 13.2 Å². The van der Waals surface area contributed by atoms with Crippen molar-refractivity contribution < 1.29 is 22.7 Å². The molecular formula is C13H10F3N3O2S. The van der Waals surface area contributed by atoms with E-state index in [2.05, 4.69) is 15.3 Å². The highest BCUT2D eigenvalue weighted by Crippen LogP contribution is 2.42. The van der Waals surface area contributed by atoms with Crippen molar-refractivity contribution in [2.45, 2.75) is 13.1 Å². The molecule has 1 amide bonds. The summed E-state index contributed by atoms with van der Waals surface area (Å²) in [4.78, 5) is 19.6. The number of fused-ring (bicyclic) bond motifs is 1. The first-order chi connectivity index (χ1) is 10.4. The van der Waals surface area contributed by atoms with Crippen LogP contribution in [0, 0.1) is 6.92 Å². The molecule has 116 valence electrons. The van der Waals surface area contributed by atoms with Gasteiger partial charge in [0.05, 0.1) is 22.7 Å². The summed E-state index contributed by atoms with van der Waals surface area (Å²) in [6.45, 7) is 2.13. The van der Waals surface area contributed by atoms with Gasteiger partial charge in [-0.1, -0.05) is 11.3 Å². The predicted octanol–water partition coefficient (Wildman–Crippen LogP) is 2.65. The molecule has 2 aromatic rings. The second-order valence-corrected chi connectivity index (χ2v) is 5.61. The van der Waals surface area contributed by atoms with E-state index in [0.29, 0.717) is 11.6 Å². The summed E-state index contributed by atoms with van der Waals surface area (Å²) in [5.74, 6) is -0.147. The first-order valence-corrected chi connectivity index (χ1v) is 7.14. The van der Waals surface area contributed by atoms with Crippen LogP contribution in [-0.2, 0) is 6.18 Å². The van der Waals surface area contributed by atoms with Gasteiger partial charge in [-0.25, -0.2) is 9.97 Å². The third kappa shape index (κ3) is 2.63. The number of carbonyl (C=O) groups excluding carboxylic acids is 1. The molecule has 22 heavy (non-hydrogen) atoms. The highest BCUT2D eigenvalue weighted by molar-refractivity contribution is 7.17. The van der Waals surface area contributed by atoms with E-state index < -0.39 is 11.7 Å². The summed E-state index contributed by atoms with van der Waals surface area (Å²) in [5.41, 5.74) is -0.953. The Labute approximate surface area is 127 Å². The molecule has 0 aliphatic carbocycles. The quantitative estimate of drug-likeness (QED) is 0.874. The number of aryl methyl sites for hydroxylation is 1. The van der Waals surface area contributed by atoms with Crippen molar-refractivity contribution in [1.29, 1.82) is 0 Å². The van der Waals surface area contributed by atoms with Crippen molar-refractivity contribution in [1.82, 2.24) is 15.3 Å². The standard InChI is InChI=1S/C13H10F3N3O2S/c1-6-18-5-8(13(14,15)16)10(19-6)9-4-7-11(20)17-2-3-21-12(7)22-9/h4-5H,2-3H2,1H3,(H,17,20). The second kappa shape index (κ2) is 5.24. The first kappa shape index (κ1) is 14.8. The SMILES string of the molecule is Cc1ncc(C(F)(F)F)c(-c2cc3c(s2)OCCNC3=O)n1. The highest BCUT2D eigenvalue weighted by atomic mass is 32.1. The Hall–Kier alpha value is -2.16. The molecule has 1 N–H and O–H groups in total. The van der Waals surface area contributed by atoms with Gasteiger partial charge in [0.25, 0.3) is 5.91 Å². The number of hydrogen-bond acceptors (Lipinski definition) is 5. The Bertz CT molecular complexity index is 743. The van der Waals surface area contributed by atoms with E-state index in [1.807, 2.05) is 0 Å². The average Bonchev–Trinajstić information content (AvgIpc) is 2.79. The van der Waals surface area contributed by atoms with Crippen molar-refractivity contribution in [2.24, 2.45) is 0 Å². The molecule has 9 heteroatoms. The molecule has 0 saturated carbocycles. The number of halogens is 3. The number of alkyl halides is 3. The molecule has 0 spiro atoms. The number of rotatable bonds is 1. The number of hydrogen-bond donors (Lipinski definition) is 1. The summed E-state index contributed by atoms with van der Waals surface area (Å²) < 4.78 is 44.7. The van der Waals surface area contributed by atoms with Crippen LogP contribution in [0.1, 0.15) is 21.7 Å². The Kier molecular flexibility index (Phi) is 3.51. The van der Waals surface area contributed by atoms with Crippen LogP contribution in [0.5, 0.6) is 5.06 Å². The molecule has 0 unspecified atom stereocenters. The van der Waals surface area contributed by atoms with Crippen molar-refractivity contribution in [3.05, 3.63) is 29.2 Å². The van der Waals surface area contributed by atoms with Gasteiger partial charge in [-0.15, -0.1) is 0 Å². The summed E-state index contributed by atoms with van der Waals surface area (Å²) in [5, 5.41) is 2.91. The number of aromatic nitrogens is 2. The van der Waals surface area contributed by atoms with Crippen LogP contribution in [0.3, 0.4) is 0 Å². The fourth-order valence-corrected chi connectivity index (χ4v) is 3.06. The molecule has 0 fully saturated rings. The fraction of sp³-hybridized carbons (Fsp3) is 0.308. The number of carbonyl (C=O) groups is 1. The van der Waals surface area contributed by atoms with Gasteiger partial charge in [0.15, 0.2) is 5.06 Å².